The molecule has 20 heavy (non-hydrogen) atoms. The predicted molar refractivity (Wildman–Crippen MR) is 72.3 cm³/mol. The Bertz CT molecular complexity index is 641. The van der Waals surface area contributed by atoms with Crippen LogP contribution >= 0.6 is 0 Å². The Balaban J connectivity index is 2.17. The Kier molecular flexibility index (Phi) is 4.58. The second kappa shape index (κ2) is 6.59. The number of methoxy groups -OCH3 is 1. The van der Waals surface area contributed by atoms with Crippen LogP contribution in [0.25, 0.3) is 0 Å². The molecule has 0 atom stereocenters. The molecule has 0 bridgehead atoms. The van der Waals surface area contributed by atoms with E-state index < -0.39 is 0 Å². The number of aliphatic hydroxyl groups is 1. The van der Waals surface area contributed by atoms with Gasteiger partial charge in [-0.3, -0.25) is 4.68 Å². The number of aromatic nitrogens is 3. The lowest BCUT2D eigenvalue weighted by molar-refractivity contribution is 0.299. The van der Waals surface area contributed by atoms with Gasteiger partial charge >= 0.3 is 0 Å². The number of hydrogen-bond acceptors (Lipinski definition) is 5. The lowest BCUT2D eigenvalue weighted by atomic mass is 10.2. The number of nitrogens with zero attached hydrogens (tertiary/aromatic N) is 3. The standard InChI is InChI=1S/C14H15N3O3/c1-17-9-12(15-16-17)10-20-14-6-5-13(19-2)8-11(14)4-3-7-18/h5-6,8-9,18H,7,10H2,1-2H3. The molecule has 0 radical (unpaired) electrons. The minimum Gasteiger partial charge on any atom is -0.497 e. The van der Waals surface area contributed by atoms with Crippen molar-refractivity contribution in [3.63, 3.8) is 0 Å². The van der Waals surface area contributed by atoms with Crippen LogP contribution in [0, 0.1) is 11.8 Å². The van der Waals surface area contributed by atoms with Crippen LogP contribution in [0.3, 0.4) is 0 Å². The number of aliphatic hydroxyl groups excluding tert-OH is 1. The molecule has 104 valence electrons. The fourth-order valence-corrected chi connectivity index (χ4v) is 1.61. The Morgan fingerprint density at radius 2 is 2.25 bits per heavy atom. The minimum atomic E-state index is -0.208. The van der Waals surface area contributed by atoms with Crippen molar-refractivity contribution in [2.75, 3.05) is 13.7 Å². The van der Waals surface area contributed by atoms with Crippen LogP contribution in [-0.2, 0) is 13.7 Å². The van der Waals surface area contributed by atoms with Gasteiger partial charge in [-0.05, 0) is 18.2 Å². The Hall–Kier alpha value is -2.52. The maximum Gasteiger partial charge on any atom is 0.135 e. The molecule has 0 aliphatic rings. The van der Waals surface area contributed by atoms with E-state index in [9.17, 15) is 0 Å². The van der Waals surface area contributed by atoms with E-state index in [1.54, 1.807) is 43.2 Å². The van der Waals surface area contributed by atoms with Gasteiger partial charge in [0, 0.05) is 7.05 Å². The molecule has 6 heteroatoms. The van der Waals surface area contributed by atoms with E-state index in [-0.39, 0.29) is 6.61 Å². The van der Waals surface area contributed by atoms with E-state index >= 15 is 0 Å². The molecule has 2 rings (SSSR count). The lowest BCUT2D eigenvalue weighted by Gasteiger charge is -2.08. The molecule has 1 heterocycles. The van der Waals surface area contributed by atoms with Gasteiger partial charge < -0.3 is 14.6 Å². The lowest BCUT2D eigenvalue weighted by Crippen LogP contribution is -1.98. The van der Waals surface area contributed by atoms with Crippen LogP contribution in [0.1, 0.15) is 11.3 Å². The number of benzene rings is 1. The second-order valence-electron chi connectivity index (χ2n) is 3.99. The van der Waals surface area contributed by atoms with Crippen molar-refractivity contribution in [3.05, 3.63) is 35.7 Å². The monoisotopic (exact) mass is 273 g/mol. The summed E-state index contributed by atoms with van der Waals surface area (Å²) in [5.74, 6) is 6.72. The van der Waals surface area contributed by atoms with Crippen molar-refractivity contribution >= 4 is 0 Å². The first-order chi connectivity index (χ1) is 9.72. The molecule has 0 aliphatic heterocycles. The first kappa shape index (κ1) is 13.9. The van der Waals surface area contributed by atoms with Gasteiger partial charge in [0.1, 0.15) is 30.4 Å². The smallest absolute Gasteiger partial charge is 0.135 e. The zero-order valence-electron chi connectivity index (χ0n) is 11.3. The largest absolute Gasteiger partial charge is 0.497 e. The fraction of sp³-hybridized carbons (Fsp3) is 0.286. The molecule has 0 fully saturated rings. The molecule has 0 saturated heterocycles. The summed E-state index contributed by atoms with van der Waals surface area (Å²) in [5.41, 5.74) is 1.38. The van der Waals surface area contributed by atoms with E-state index in [1.807, 2.05) is 0 Å². The quantitative estimate of drug-likeness (QED) is 0.832. The summed E-state index contributed by atoms with van der Waals surface area (Å²) in [6.07, 6.45) is 1.78. The number of ether oxygens (including phenoxy) is 2. The van der Waals surface area contributed by atoms with Gasteiger partial charge in [-0.1, -0.05) is 17.1 Å². The van der Waals surface area contributed by atoms with E-state index in [4.69, 9.17) is 14.6 Å². The van der Waals surface area contributed by atoms with E-state index in [1.165, 1.54) is 0 Å². The summed E-state index contributed by atoms with van der Waals surface area (Å²) in [6.45, 7) is 0.0920. The molecule has 1 aromatic carbocycles. The molecule has 1 aromatic heterocycles. The van der Waals surface area contributed by atoms with Crippen molar-refractivity contribution in [1.29, 1.82) is 0 Å². The highest BCUT2D eigenvalue weighted by Crippen LogP contribution is 2.24. The number of rotatable bonds is 4. The average molecular weight is 273 g/mol. The van der Waals surface area contributed by atoms with Gasteiger partial charge in [0.15, 0.2) is 0 Å². The van der Waals surface area contributed by atoms with Crippen molar-refractivity contribution in [1.82, 2.24) is 15.0 Å². The third-order valence-electron chi connectivity index (χ3n) is 2.51. The molecule has 0 amide bonds. The van der Waals surface area contributed by atoms with Gasteiger partial charge in [-0.25, -0.2) is 0 Å². The first-order valence-electron chi connectivity index (χ1n) is 5.98. The summed E-state index contributed by atoms with van der Waals surface area (Å²) in [6, 6.07) is 5.32. The summed E-state index contributed by atoms with van der Waals surface area (Å²) in [7, 11) is 3.38. The van der Waals surface area contributed by atoms with Gasteiger partial charge in [0.05, 0.1) is 18.9 Å². The summed E-state index contributed by atoms with van der Waals surface area (Å²) in [4.78, 5) is 0. The highest BCUT2D eigenvalue weighted by molar-refractivity contribution is 5.50. The highest BCUT2D eigenvalue weighted by Gasteiger charge is 2.06. The molecule has 2 aromatic rings. The minimum absolute atomic E-state index is 0.208. The normalized spacial score (nSPS) is 9.75. The molecule has 1 N–H and O–H groups in total. The summed E-state index contributed by atoms with van der Waals surface area (Å²) in [5, 5.41) is 16.6. The van der Waals surface area contributed by atoms with Gasteiger partial charge in [0.25, 0.3) is 0 Å². The van der Waals surface area contributed by atoms with E-state index in [2.05, 4.69) is 22.2 Å². The third kappa shape index (κ3) is 3.49. The van der Waals surface area contributed by atoms with Crippen LogP contribution in [0.2, 0.25) is 0 Å². The summed E-state index contributed by atoms with van der Waals surface area (Å²) >= 11 is 0. The van der Waals surface area contributed by atoms with E-state index in [0.29, 0.717) is 23.7 Å². The topological polar surface area (TPSA) is 69.4 Å². The summed E-state index contributed by atoms with van der Waals surface area (Å²) < 4.78 is 12.4. The predicted octanol–water partition coefficient (Wildman–Crippen LogP) is 0.746. The van der Waals surface area contributed by atoms with Crippen LogP contribution in [0.4, 0.5) is 0 Å². The van der Waals surface area contributed by atoms with Crippen molar-refractivity contribution < 1.29 is 14.6 Å². The van der Waals surface area contributed by atoms with E-state index in [0.717, 1.165) is 5.69 Å². The SMILES string of the molecule is COc1ccc(OCc2cn(C)nn2)c(C#CCO)c1. The third-order valence-corrected chi connectivity index (χ3v) is 2.51. The number of aryl methyl sites for hydroxylation is 1. The maximum absolute atomic E-state index is 8.79. The Morgan fingerprint density at radius 3 is 2.90 bits per heavy atom. The molecule has 0 aliphatic carbocycles. The average Bonchev–Trinajstić information content (AvgIpc) is 2.89. The van der Waals surface area contributed by atoms with Crippen LogP contribution < -0.4 is 9.47 Å². The van der Waals surface area contributed by atoms with Crippen molar-refractivity contribution in [2.45, 2.75) is 6.61 Å². The molecular weight excluding hydrogens is 258 g/mol. The zero-order valence-corrected chi connectivity index (χ0v) is 11.3. The van der Waals surface area contributed by atoms with Crippen molar-refractivity contribution in [2.24, 2.45) is 7.05 Å². The zero-order chi connectivity index (χ0) is 14.4. The van der Waals surface area contributed by atoms with Crippen molar-refractivity contribution in [3.8, 4) is 23.3 Å². The Labute approximate surface area is 116 Å². The van der Waals surface area contributed by atoms with Gasteiger partial charge in [0.2, 0.25) is 0 Å². The second-order valence-corrected chi connectivity index (χ2v) is 3.99. The number of hydrogen-bond donors (Lipinski definition) is 1. The molecule has 6 nitrogen and oxygen atoms in total. The molecular formula is C14H15N3O3. The Morgan fingerprint density at radius 1 is 1.40 bits per heavy atom. The van der Waals surface area contributed by atoms with Gasteiger partial charge in [-0.2, -0.15) is 0 Å². The fourth-order valence-electron chi connectivity index (χ4n) is 1.61. The molecule has 0 saturated carbocycles. The van der Waals surface area contributed by atoms with Crippen LogP contribution in [0.15, 0.2) is 24.4 Å². The van der Waals surface area contributed by atoms with Crippen LogP contribution in [0.5, 0.6) is 11.5 Å². The first-order valence-corrected chi connectivity index (χ1v) is 5.98. The highest BCUT2D eigenvalue weighted by atomic mass is 16.5. The molecule has 0 spiro atoms. The maximum atomic E-state index is 8.79. The van der Waals surface area contributed by atoms with Crippen LogP contribution in [-0.4, -0.2) is 33.8 Å². The van der Waals surface area contributed by atoms with Gasteiger partial charge in [-0.15, -0.1) is 5.10 Å². The molecule has 0 unspecified atom stereocenters.